The van der Waals surface area contributed by atoms with E-state index in [1.54, 1.807) is 42.5 Å². The first-order chi connectivity index (χ1) is 16.8. The predicted octanol–water partition coefficient (Wildman–Crippen LogP) is 4.63. The molecule has 180 valence electrons. The first kappa shape index (κ1) is 24.3. The smallest absolute Gasteiger partial charge is 0.340 e. The second kappa shape index (κ2) is 9.81. The fraction of sp³-hybridized carbons (Fsp3) is 0.120. The van der Waals surface area contributed by atoms with Crippen molar-refractivity contribution in [2.24, 2.45) is 0 Å². The maximum Gasteiger partial charge on any atom is 0.340 e. The molecular formula is C25H21ClN2O6S. The molecule has 0 radical (unpaired) electrons. The number of nitrogens with zero attached hydrogens (tertiary/aromatic N) is 2. The van der Waals surface area contributed by atoms with Crippen molar-refractivity contribution in [3.63, 3.8) is 0 Å². The summed E-state index contributed by atoms with van der Waals surface area (Å²) in [4.78, 5) is 25.7. The van der Waals surface area contributed by atoms with Gasteiger partial charge >= 0.3 is 5.97 Å². The molecule has 0 aliphatic rings. The Morgan fingerprint density at radius 3 is 2.34 bits per heavy atom. The molecule has 0 atom stereocenters. The highest BCUT2D eigenvalue weighted by Crippen LogP contribution is 2.28. The summed E-state index contributed by atoms with van der Waals surface area (Å²) >= 11 is 6.13. The Hall–Kier alpha value is -3.82. The van der Waals surface area contributed by atoms with Gasteiger partial charge in [0.05, 0.1) is 35.9 Å². The standard InChI is InChI=1S/C25H21ClN2O6S/c1-33-19-10-12-20(13-11-19)35(31,32)28(18-7-5-6-17(26)14-18)16-24(29)27-15-22(25(30)34-2)21-8-3-4-9-23(21)27/h3-15H,16H2,1-2H3. The van der Waals surface area contributed by atoms with Crippen molar-refractivity contribution in [3.8, 4) is 5.75 Å². The number of carbonyl (C=O) groups is 2. The number of benzene rings is 3. The fourth-order valence-electron chi connectivity index (χ4n) is 3.68. The van der Waals surface area contributed by atoms with Gasteiger partial charge in [0.2, 0.25) is 0 Å². The minimum atomic E-state index is -4.17. The maximum atomic E-state index is 13.6. The van der Waals surface area contributed by atoms with E-state index >= 15 is 0 Å². The molecule has 0 saturated heterocycles. The zero-order chi connectivity index (χ0) is 25.2. The quantitative estimate of drug-likeness (QED) is 0.335. The topological polar surface area (TPSA) is 94.9 Å². The van der Waals surface area contributed by atoms with Crippen LogP contribution >= 0.6 is 11.6 Å². The Morgan fingerprint density at radius 2 is 1.69 bits per heavy atom. The molecule has 0 bridgehead atoms. The van der Waals surface area contributed by atoms with Crippen LogP contribution < -0.4 is 9.04 Å². The van der Waals surface area contributed by atoms with Crippen molar-refractivity contribution in [1.29, 1.82) is 0 Å². The molecule has 4 aromatic rings. The van der Waals surface area contributed by atoms with E-state index in [1.807, 2.05) is 0 Å². The summed E-state index contributed by atoms with van der Waals surface area (Å²) in [6.45, 7) is -0.548. The van der Waals surface area contributed by atoms with Crippen LogP contribution in [-0.4, -0.2) is 45.6 Å². The summed E-state index contributed by atoms with van der Waals surface area (Å²) in [6.07, 6.45) is 1.36. The summed E-state index contributed by atoms with van der Waals surface area (Å²) in [5, 5.41) is 0.823. The average molecular weight is 513 g/mol. The Morgan fingerprint density at radius 1 is 0.971 bits per heavy atom. The number of hydrogen-bond donors (Lipinski definition) is 0. The molecule has 0 amide bonds. The van der Waals surface area contributed by atoms with Crippen LogP contribution in [0.25, 0.3) is 10.9 Å². The minimum absolute atomic E-state index is 0.0290. The van der Waals surface area contributed by atoms with Crippen LogP contribution in [0.5, 0.6) is 5.75 Å². The van der Waals surface area contributed by atoms with Crippen molar-refractivity contribution in [1.82, 2.24) is 4.57 Å². The molecule has 0 spiro atoms. The van der Waals surface area contributed by atoms with Gasteiger partial charge in [-0.25, -0.2) is 13.2 Å². The van der Waals surface area contributed by atoms with Gasteiger partial charge in [-0.1, -0.05) is 35.9 Å². The Balaban J connectivity index is 1.80. The number of hydrogen-bond acceptors (Lipinski definition) is 6. The van der Waals surface area contributed by atoms with Gasteiger partial charge in [0.1, 0.15) is 12.3 Å². The normalized spacial score (nSPS) is 11.3. The molecule has 4 rings (SSSR count). The molecule has 1 heterocycles. The number of sulfonamides is 1. The molecule has 0 aliphatic carbocycles. The van der Waals surface area contributed by atoms with Crippen molar-refractivity contribution in [3.05, 3.63) is 89.6 Å². The molecule has 0 N–H and O–H groups in total. The van der Waals surface area contributed by atoms with Crippen LogP contribution in [0.15, 0.2) is 83.9 Å². The summed E-state index contributed by atoms with van der Waals surface area (Å²) in [6, 6.07) is 18.9. The zero-order valence-corrected chi connectivity index (χ0v) is 20.4. The van der Waals surface area contributed by atoms with Crippen LogP contribution in [0.3, 0.4) is 0 Å². The largest absolute Gasteiger partial charge is 0.497 e. The van der Waals surface area contributed by atoms with Gasteiger partial charge in [-0.2, -0.15) is 0 Å². The third-order valence-electron chi connectivity index (χ3n) is 5.41. The van der Waals surface area contributed by atoms with Crippen molar-refractivity contribution in [2.75, 3.05) is 25.1 Å². The SMILES string of the molecule is COC(=O)c1cn(C(=O)CN(c2cccc(Cl)c2)S(=O)(=O)c2ccc(OC)cc2)c2ccccc12. The zero-order valence-electron chi connectivity index (χ0n) is 18.8. The summed E-state index contributed by atoms with van der Waals surface area (Å²) in [5.41, 5.74) is 0.862. The predicted molar refractivity (Wildman–Crippen MR) is 133 cm³/mol. The number of carbonyl (C=O) groups excluding carboxylic acids is 2. The van der Waals surface area contributed by atoms with Crippen molar-refractivity contribution in [2.45, 2.75) is 4.90 Å². The number of para-hydroxylation sites is 1. The van der Waals surface area contributed by atoms with E-state index in [2.05, 4.69) is 0 Å². The highest BCUT2D eigenvalue weighted by molar-refractivity contribution is 7.92. The summed E-state index contributed by atoms with van der Waals surface area (Å²) < 4.78 is 39.5. The molecule has 0 unspecified atom stereocenters. The van der Waals surface area contributed by atoms with Crippen LogP contribution in [-0.2, 0) is 14.8 Å². The molecular weight excluding hydrogens is 492 g/mol. The molecule has 8 nitrogen and oxygen atoms in total. The van der Waals surface area contributed by atoms with E-state index in [4.69, 9.17) is 21.1 Å². The Bertz CT molecular complexity index is 1510. The molecule has 3 aromatic carbocycles. The number of halogens is 1. The van der Waals surface area contributed by atoms with E-state index < -0.39 is 28.4 Å². The summed E-state index contributed by atoms with van der Waals surface area (Å²) in [5.74, 6) is -0.692. The van der Waals surface area contributed by atoms with Crippen LogP contribution in [0, 0.1) is 0 Å². The molecule has 0 aliphatic heterocycles. The minimum Gasteiger partial charge on any atom is -0.497 e. The van der Waals surface area contributed by atoms with Crippen LogP contribution in [0.4, 0.5) is 5.69 Å². The van der Waals surface area contributed by atoms with E-state index in [-0.39, 0.29) is 16.1 Å². The van der Waals surface area contributed by atoms with E-state index in [9.17, 15) is 18.0 Å². The lowest BCUT2D eigenvalue weighted by Gasteiger charge is -2.24. The number of anilines is 1. The van der Waals surface area contributed by atoms with Crippen molar-refractivity contribution < 1.29 is 27.5 Å². The highest BCUT2D eigenvalue weighted by atomic mass is 35.5. The van der Waals surface area contributed by atoms with Gasteiger partial charge in [0.25, 0.3) is 15.9 Å². The average Bonchev–Trinajstić information content (AvgIpc) is 3.26. The Kier molecular flexibility index (Phi) is 6.81. The number of esters is 1. The highest BCUT2D eigenvalue weighted by Gasteiger charge is 2.29. The third kappa shape index (κ3) is 4.73. The van der Waals surface area contributed by atoms with E-state index in [0.717, 1.165) is 4.31 Å². The number of methoxy groups -OCH3 is 2. The van der Waals surface area contributed by atoms with E-state index in [1.165, 1.54) is 55.3 Å². The fourth-order valence-corrected chi connectivity index (χ4v) is 5.27. The van der Waals surface area contributed by atoms with Gasteiger partial charge in [0, 0.05) is 16.6 Å². The molecule has 1 aromatic heterocycles. The van der Waals surface area contributed by atoms with Crippen molar-refractivity contribution >= 4 is 50.1 Å². The number of rotatable bonds is 7. The summed E-state index contributed by atoms with van der Waals surface area (Å²) in [7, 11) is -1.45. The first-order valence-corrected chi connectivity index (χ1v) is 12.2. The molecule has 10 heteroatoms. The third-order valence-corrected chi connectivity index (χ3v) is 7.43. The molecule has 0 saturated carbocycles. The van der Waals surface area contributed by atoms with Gasteiger partial charge in [0.15, 0.2) is 0 Å². The van der Waals surface area contributed by atoms with Gasteiger partial charge in [-0.05, 0) is 48.5 Å². The molecule has 35 heavy (non-hydrogen) atoms. The number of ether oxygens (including phenoxy) is 2. The first-order valence-electron chi connectivity index (χ1n) is 10.4. The lowest BCUT2D eigenvalue weighted by atomic mass is 10.2. The van der Waals surface area contributed by atoms with Crippen LogP contribution in [0.1, 0.15) is 15.2 Å². The van der Waals surface area contributed by atoms with Crippen LogP contribution in [0.2, 0.25) is 5.02 Å². The maximum absolute atomic E-state index is 13.6. The monoisotopic (exact) mass is 512 g/mol. The van der Waals surface area contributed by atoms with Gasteiger partial charge in [-0.3, -0.25) is 13.7 Å². The molecule has 0 fully saturated rings. The lowest BCUT2D eigenvalue weighted by Crippen LogP contribution is -2.37. The second-order valence-corrected chi connectivity index (χ2v) is 9.78. The van der Waals surface area contributed by atoms with E-state index in [0.29, 0.717) is 21.7 Å². The lowest BCUT2D eigenvalue weighted by molar-refractivity contribution is 0.0603. The second-order valence-electron chi connectivity index (χ2n) is 7.48. The Labute approximate surface area is 207 Å². The van der Waals surface area contributed by atoms with Gasteiger partial charge < -0.3 is 9.47 Å². The number of aromatic nitrogens is 1. The van der Waals surface area contributed by atoms with Gasteiger partial charge in [-0.15, -0.1) is 0 Å². The number of fused-ring (bicyclic) bond motifs is 1.